The summed E-state index contributed by atoms with van der Waals surface area (Å²) in [5.74, 6) is 0. The number of benzene rings is 2. The molecule has 0 amide bonds. The van der Waals surface area contributed by atoms with Gasteiger partial charge in [-0.25, -0.2) is 4.79 Å². The van der Waals surface area contributed by atoms with Crippen LogP contribution >= 0.6 is 0 Å². The van der Waals surface area contributed by atoms with Gasteiger partial charge in [-0.3, -0.25) is 0 Å². The van der Waals surface area contributed by atoms with Crippen LogP contribution in [0.3, 0.4) is 0 Å². The lowest BCUT2D eigenvalue weighted by Crippen LogP contribution is -1.86. The first-order chi connectivity index (χ1) is 22.6. The highest BCUT2D eigenvalue weighted by atomic mass is 16.6. The molecule has 0 fully saturated rings. The van der Waals surface area contributed by atoms with E-state index in [4.69, 9.17) is 15.0 Å². The quantitative estimate of drug-likeness (QED) is 0.0912. The van der Waals surface area contributed by atoms with Crippen molar-refractivity contribution in [2.45, 2.75) is 194 Å². The average Bonchev–Trinajstić information content (AvgIpc) is 3.06. The van der Waals surface area contributed by atoms with E-state index >= 15 is 0 Å². The Morgan fingerprint density at radius 1 is 0.370 bits per heavy atom. The molecule has 2 aromatic carbocycles. The Hall–Kier alpha value is -2.29. The first-order valence-corrected chi connectivity index (χ1v) is 19.6. The summed E-state index contributed by atoms with van der Waals surface area (Å²) in [6.45, 7) is 4.58. The molecule has 0 unspecified atom stereocenters. The number of carbonyl (C=O) groups is 1. The van der Waals surface area contributed by atoms with Gasteiger partial charge in [0.05, 0.1) is 0 Å². The number of aryl methyl sites for hydroxylation is 2. The van der Waals surface area contributed by atoms with Gasteiger partial charge in [0.2, 0.25) is 0 Å². The van der Waals surface area contributed by atoms with E-state index in [-0.39, 0.29) is 0 Å². The third kappa shape index (κ3) is 36.2. The zero-order valence-electron chi connectivity index (χ0n) is 30.4. The molecule has 0 radical (unpaired) electrons. The summed E-state index contributed by atoms with van der Waals surface area (Å²) in [5, 5.41) is 13.9. The van der Waals surface area contributed by atoms with Crippen molar-refractivity contribution in [2.75, 3.05) is 0 Å². The van der Waals surface area contributed by atoms with Gasteiger partial charge in [-0.2, -0.15) is 0 Å². The molecule has 0 bridgehead atoms. The van der Waals surface area contributed by atoms with Crippen LogP contribution in [0, 0.1) is 0 Å². The highest BCUT2D eigenvalue weighted by molar-refractivity contribution is 5.53. The van der Waals surface area contributed by atoms with Gasteiger partial charge in [-0.05, 0) is 36.8 Å². The van der Waals surface area contributed by atoms with Crippen molar-refractivity contribution in [3.63, 3.8) is 0 Å². The van der Waals surface area contributed by atoms with Gasteiger partial charge in [-0.15, -0.1) is 0 Å². The number of hydrogen-bond donors (Lipinski definition) is 2. The topological polar surface area (TPSA) is 57.5 Å². The maximum Gasteiger partial charge on any atom is 0.503 e. The molecule has 3 nitrogen and oxygen atoms in total. The van der Waals surface area contributed by atoms with Crippen LogP contribution in [0.2, 0.25) is 0 Å². The van der Waals surface area contributed by atoms with Crippen LogP contribution in [-0.4, -0.2) is 16.4 Å². The van der Waals surface area contributed by atoms with Crippen molar-refractivity contribution < 1.29 is 15.0 Å². The van der Waals surface area contributed by atoms with Gasteiger partial charge in [0.1, 0.15) is 0 Å². The highest BCUT2D eigenvalue weighted by Gasteiger charge is 1.96. The SMILES string of the molecule is CCCCCCCCCCCCCCCc1ccccc1.CCCCCCCCCCCCCCCc1ccccc1.O=C(O)O. The lowest BCUT2D eigenvalue weighted by atomic mass is 10.0. The van der Waals surface area contributed by atoms with Crippen LogP contribution in [0.25, 0.3) is 0 Å². The van der Waals surface area contributed by atoms with Gasteiger partial charge < -0.3 is 10.2 Å². The van der Waals surface area contributed by atoms with E-state index in [9.17, 15) is 0 Å². The van der Waals surface area contributed by atoms with Gasteiger partial charge >= 0.3 is 6.16 Å². The lowest BCUT2D eigenvalue weighted by molar-refractivity contribution is 0.137. The fourth-order valence-electron chi connectivity index (χ4n) is 5.98. The Kier molecular flexibility index (Phi) is 35.3. The van der Waals surface area contributed by atoms with Crippen LogP contribution in [0.4, 0.5) is 4.79 Å². The summed E-state index contributed by atoms with van der Waals surface area (Å²) in [6, 6.07) is 21.8. The third-order valence-electron chi connectivity index (χ3n) is 8.82. The molecule has 0 aliphatic heterocycles. The molecule has 0 spiro atoms. The normalized spacial score (nSPS) is 10.5. The largest absolute Gasteiger partial charge is 0.503 e. The number of hydrogen-bond acceptors (Lipinski definition) is 1. The fraction of sp³-hybridized carbons (Fsp3) is 0.698. The number of carboxylic acid groups (broad SMARTS) is 2. The monoisotopic (exact) mass is 639 g/mol. The molecular formula is C43H74O3. The summed E-state index contributed by atoms with van der Waals surface area (Å²) in [7, 11) is 0. The Labute approximate surface area is 286 Å². The van der Waals surface area contributed by atoms with Gasteiger partial charge in [0, 0.05) is 0 Å². The summed E-state index contributed by atoms with van der Waals surface area (Å²) in [5.41, 5.74) is 3.00. The predicted octanol–water partition coefficient (Wildman–Crippen LogP) is 14.9. The molecule has 0 saturated carbocycles. The van der Waals surface area contributed by atoms with Crippen LogP contribution in [-0.2, 0) is 12.8 Å². The Morgan fingerprint density at radius 2 is 0.565 bits per heavy atom. The molecular weight excluding hydrogens is 564 g/mol. The average molecular weight is 639 g/mol. The standard InChI is InChI=1S/2C21H36.CH2O3/c2*1-2-3-4-5-6-7-8-9-10-11-12-13-15-18-21-19-16-14-17-20-21;2-1(3)4/h2*14,16-17,19-20H,2-13,15,18H2,1H3;(H2,2,3,4). The molecule has 46 heavy (non-hydrogen) atoms. The van der Waals surface area contributed by atoms with Crippen molar-refractivity contribution in [1.82, 2.24) is 0 Å². The second-order valence-corrected chi connectivity index (χ2v) is 13.2. The summed E-state index contributed by atoms with van der Waals surface area (Å²) in [4.78, 5) is 8.56. The van der Waals surface area contributed by atoms with Crippen molar-refractivity contribution in [3.05, 3.63) is 71.8 Å². The van der Waals surface area contributed by atoms with Crippen molar-refractivity contribution in [1.29, 1.82) is 0 Å². The maximum absolute atomic E-state index is 8.56. The van der Waals surface area contributed by atoms with E-state index < -0.39 is 6.16 Å². The molecule has 3 heteroatoms. The van der Waals surface area contributed by atoms with E-state index in [1.165, 1.54) is 191 Å². The summed E-state index contributed by atoms with van der Waals surface area (Å²) < 4.78 is 0. The van der Waals surface area contributed by atoms with Crippen molar-refractivity contribution >= 4 is 6.16 Å². The highest BCUT2D eigenvalue weighted by Crippen LogP contribution is 2.15. The molecule has 2 aromatic rings. The van der Waals surface area contributed by atoms with E-state index in [0.717, 1.165) is 0 Å². The summed E-state index contributed by atoms with van der Waals surface area (Å²) >= 11 is 0. The smallest absolute Gasteiger partial charge is 0.450 e. The predicted molar refractivity (Wildman–Crippen MR) is 202 cm³/mol. The molecule has 0 atom stereocenters. The van der Waals surface area contributed by atoms with E-state index in [1.807, 2.05) is 0 Å². The van der Waals surface area contributed by atoms with Crippen molar-refractivity contribution in [3.8, 4) is 0 Å². The maximum atomic E-state index is 8.56. The zero-order chi connectivity index (χ0) is 33.6. The van der Waals surface area contributed by atoms with E-state index in [0.29, 0.717) is 0 Å². The van der Waals surface area contributed by atoms with Crippen LogP contribution in [0.1, 0.15) is 192 Å². The molecule has 0 aliphatic carbocycles. The molecule has 0 saturated heterocycles. The van der Waals surface area contributed by atoms with Crippen LogP contribution in [0.15, 0.2) is 60.7 Å². The van der Waals surface area contributed by atoms with E-state index in [2.05, 4.69) is 74.5 Å². The lowest BCUT2D eigenvalue weighted by Gasteiger charge is -2.03. The number of rotatable bonds is 28. The Morgan fingerprint density at radius 3 is 0.783 bits per heavy atom. The first-order valence-electron chi connectivity index (χ1n) is 19.6. The van der Waals surface area contributed by atoms with Gasteiger partial charge in [0.25, 0.3) is 0 Å². The molecule has 2 N–H and O–H groups in total. The molecule has 0 aromatic heterocycles. The minimum Gasteiger partial charge on any atom is -0.450 e. The summed E-state index contributed by atoms with van der Waals surface area (Å²) in [6.07, 6.45) is 38.1. The molecule has 264 valence electrons. The van der Waals surface area contributed by atoms with E-state index in [1.54, 1.807) is 0 Å². The Bertz CT molecular complexity index is 766. The fourth-order valence-corrected chi connectivity index (χ4v) is 5.98. The first kappa shape index (κ1) is 43.7. The zero-order valence-corrected chi connectivity index (χ0v) is 30.4. The second-order valence-electron chi connectivity index (χ2n) is 13.2. The van der Waals surface area contributed by atoms with Crippen LogP contribution < -0.4 is 0 Å². The van der Waals surface area contributed by atoms with Gasteiger partial charge in [-0.1, -0.05) is 229 Å². The molecule has 2 rings (SSSR count). The molecule has 0 aliphatic rings. The minimum atomic E-state index is -1.83. The second kappa shape index (κ2) is 37.2. The van der Waals surface area contributed by atoms with Crippen molar-refractivity contribution in [2.24, 2.45) is 0 Å². The van der Waals surface area contributed by atoms with Crippen LogP contribution in [0.5, 0.6) is 0 Å². The Balaban J connectivity index is 0.000000788. The third-order valence-corrected chi connectivity index (χ3v) is 8.82. The number of unbranched alkanes of at least 4 members (excludes halogenated alkanes) is 24. The molecule has 0 heterocycles. The van der Waals surface area contributed by atoms with Gasteiger partial charge in [0.15, 0.2) is 0 Å². The minimum absolute atomic E-state index is 1.26.